The van der Waals surface area contributed by atoms with Gasteiger partial charge in [-0.1, -0.05) is 18.2 Å². The summed E-state index contributed by atoms with van der Waals surface area (Å²) in [6.07, 6.45) is 1.62. The first-order chi connectivity index (χ1) is 10.3. The van der Waals surface area contributed by atoms with Crippen molar-refractivity contribution in [1.29, 1.82) is 0 Å². The summed E-state index contributed by atoms with van der Waals surface area (Å²) in [6.45, 7) is 3.24. The summed E-state index contributed by atoms with van der Waals surface area (Å²) in [5.74, 6) is -0.0407. The molecule has 2 aliphatic heterocycles. The molecule has 2 saturated heterocycles. The number of nitrogens with one attached hydrogen (secondary N) is 1. The van der Waals surface area contributed by atoms with Gasteiger partial charge in [0, 0.05) is 18.7 Å². The molecule has 2 atom stereocenters. The van der Waals surface area contributed by atoms with Gasteiger partial charge in [0.15, 0.2) is 0 Å². The van der Waals surface area contributed by atoms with E-state index in [2.05, 4.69) is 5.32 Å². The Morgan fingerprint density at radius 2 is 2.24 bits per heavy atom. The van der Waals surface area contributed by atoms with Crippen molar-refractivity contribution in [1.82, 2.24) is 10.2 Å². The maximum absolute atomic E-state index is 13.9. The molecule has 0 spiro atoms. The van der Waals surface area contributed by atoms with E-state index in [0.717, 1.165) is 25.9 Å². The van der Waals surface area contributed by atoms with Gasteiger partial charge in [-0.25, -0.2) is 4.39 Å². The van der Waals surface area contributed by atoms with Crippen LogP contribution < -0.4 is 5.32 Å². The number of nitrogens with zero attached hydrogens (tertiary/aromatic N) is 1. The number of amides is 1. The van der Waals surface area contributed by atoms with Crippen LogP contribution in [0.1, 0.15) is 24.5 Å². The van der Waals surface area contributed by atoms with Crippen molar-refractivity contribution in [2.45, 2.75) is 18.9 Å². The molecule has 21 heavy (non-hydrogen) atoms. The third kappa shape index (κ3) is 3.24. The molecule has 2 fully saturated rings. The van der Waals surface area contributed by atoms with Crippen molar-refractivity contribution in [3.8, 4) is 0 Å². The van der Waals surface area contributed by atoms with Crippen molar-refractivity contribution in [2.75, 3.05) is 32.8 Å². The lowest BCUT2D eigenvalue weighted by Crippen LogP contribution is -2.48. The normalized spacial score (nSPS) is 26.6. The molecule has 0 saturated carbocycles. The maximum Gasteiger partial charge on any atom is 0.227 e. The SMILES string of the molecule is O=C(C1CCCNC1)N1CCOC(c2ccccc2F)C1. The van der Waals surface area contributed by atoms with Crippen LogP contribution >= 0.6 is 0 Å². The number of halogens is 1. The number of benzene rings is 1. The Morgan fingerprint density at radius 3 is 3.00 bits per heavy atom. The van der Waals surface area contributed by atoms with Crippen LogP contribution in [0.3, 0.4) is 0 Å². The molecule has 0 bridgehead atoms. The van der Waals surface area contributed by atoms with Gasteiger partial charge >= 0.3 is 0 Å². The standard InChI is InChI=1S/C16H21FN2O2/c17-14-6-2-1-5-13(14)15-11-19(8-9-21-15)16(20)12-4-3-7-18-10-12/h1-2,5-6,12,15,18H,3-4,7-11H2. The molecule has 2 aliphatic rings. The number of carbonyl (C=O) groups excluding carboxylic acids is 1. The number of hydrogen-bond donors (Lipinski definition) is 1. The highest BCUT2D eigenvalue weighted by molar-refractivity contribution is 5.79. The van der Waals surface area contributed by atoms with E-state index in [9.17, 15) is 9.18 Å². The smallest absolute Gasteiger partial charge is 0.227 e. The summed E-state index contributed by atoms with van der Waals surface area (Å²) >= 11 is 0. The second kappa shape index (κ2) is 6.54. The highest BCUT2D eigenvalue weighted by Crippen LogP contribution is 2.26. The molecule has 0 aliphatic carbocycles. The van der Waals surface area contributed by atoms with Gasteiger partial charge in [-0.2, -0.15) is 0 Å². The highest BCUT2D eigenvalue weighted by atomic mass is 19.1. The van der Waals surface area contributed by atoms with Crippen LogP contribution in [0.5, 0.6) is 0 Å². The summed E-state index contributed by atoms with van der Waals surface area (Å²) in [5.41, 5.74) is 0.539. The Labute approximate surface area is 124 Å². The fourth-order valence-electron chi connectivity index (χ4n) is 3.09. The average molecular weight is 292 g/mol. The Bertz CT molecular complexity index is 503. The minimum Gasteiger partial charge on any atom is -0.370 e. The van der Waals surface area contributed by atoms with Gasteiger partial charge in [-0.3, -0.25) is 4.79 Å². The third-order valence-electron chi connectivity index (χ3n) is 4.28. The van der Waals surface area contributed by atoms with Crippen LogP contribution in [0.25, 0.3) is 0 Å². The minimum atomic E-state index is -0.361. The molecule has 0 aromatic heterocycles. The molecule has 1 aromatic carbocycles. The molecule has 2 unspecified atom stereocenters. The van der Waals surface area contributed by atoms with E-state index >= 15 is 0 Å². The number of piperidine rings is 1. The lowest BCUT2D eigenvalue weighted by molar-refractivity contribution is -0.144. The van der Waals surface area contributed by atoms with Crippen LogP contribution in [0.4, 0.5) is 4.39 Å². The van der Waals surface area contributed by atoms with E-state index in [-0.39, 0.29) is 23.7 Å². The fourth-order valence-corrected chi connectivity index (χ4v) is 3.09. The molecule has 4 nitrogen and oxygen atoms in total. The number of morpholine rings is 1. The largest absolute Gasteiger partial charge is 0.370 e. The first kappa shape index (κ1) is 14.5. The maximum atomic E-state index is 13.9. The van der Waals surface area contributed by atoms with Gasteiger partial charge < -0.3 is 15.0 Å². The molecule has 1 N–H and O–H groups in total. The molecule has 2 heterocycles. The number of hydrogen-bond acceptors (Lipinski definition) is 3. The second-order valence-corrected chi connectivity index (χ2v) is 5.71. The Morgan fingerprint density at radius 1 is 1.38 bits per heavy atom. The van der Waals surface area contributed by atoms with Gasteiger partial charge in [0.25, 0.3) is 0 Å². The molecule has 5 heteroatoms. The fraction of sp³-hybridized carbons (Fsp3) is 0.562. The van der Waals surface area contributed by atoms with Crippen molar-refractivity contribution in [3.63, 3.8) is 0 Å². The monoisotopic (exact) mass is 292 g/mol. The van der Waals surface area contributed by atoms with Crippen LogP contribution in [-0.4, -0.2) is 43.6 Å². The summed E-state index contributed by atoms with van der Waals surface area (Å²) in [7, 11) is 0. The minimum absolute atomic E-state index is 0.0538. The van der Waals surface area contributed by atoms with Crippen molar-refractivity contribution in [3.05, 3.63) is 35.6 Å². The van der Waals surface area contributed by atoms with Gasteiger partial charge in [0.1, 0.15) is 11.9 Å². The molecule has 1 amide bonds. The van der Waals surface area contributed by atoms with Gasteiger partial charge in [-0.05, 0) is 25.5 Å². The van der Waals surface area contributed by atoms with Gasteiger partial charge in [0.2, 0.25) is 5.91 Å². The van der Waals surface area contributed by atoms with Crippen LogP contribution in [-0.2, 0) is 9.53 Å². The molecule has 1 aromatic rings. The lowest BCUT2D eigenvalue weighted by atomic mass is 9.97. The zero-order valence-corrected chi connectivity index (χ0v) is 12.1. The van der Waals surface area contributed by atoms with Crippen molar-refractivity contribution in [2.24, 2.45) is 5.92 Å². The first-order valence-electron chi connectivity index (χ1n) is 7.61. The predicted octanol–water partition coefficient (Wildman–Crippen LogP) is 1.73. The van der Waals surface area contributed by atoms with E-state index in [4.69, 9.17) is 4.74 Å². The quantitative estimate of drug-likeness (QED) is 0.902. The number of ether oxygens (including phenoxy) is 1. The van der Waals surface area contributed by atoms with E-state index in [0.29, 0.717) is 25.3 Å². The second-order valence-electron chi connectivity index (χ2n) is 5.71. The molecule has 0 radical (unpaired) electrons. The molecular formula is C16H21FN2O2. The summed E-state index contributed by atoms with van der Waals surface area (Å²) in [5, 5.41) is 3.27. The number of rotatable bonds is 2. The van der Waals surface area contributed by atoms with Gasteiger partial charge in [-0.15, -0.1) is 0 Å². The molecule has 114 valence electrons. The van der Waals surface area contributed by atoms with E-state index in [1.165, 1.54) is 6.07 Å². The average Bonchev–Trinajstić information content (AvgIpc) is 2.55. The zero-order valence-electron chi connectivity index (χ0n) is 12.1. The molecular weight excluding hydrogens is 271 g/mol. The topological polar surface area (TPSA) is 41.6 Å². The molecule has 3 rings (SSSR count). The van der Waals surface area contributed by atoms with Crippen molar-refractivity contribution < 1.29 is 13.9 Å². The predicted molar refractivity (Wildman–Crippen MR) is 77.3 cm³/mol. The number of carbonyl (C=O) groups is 1. The zero-order chi connectivity index (χ0) is 14.7. The summed E-state index contributed by atoms with van der Waals surface area (Å²) in [4.78, 5) is 14.4. The van der Waals surface area contributed by atoms with Crippen LogP contribution in [0.2, 0.25) is 0 Å². The van der Waals surface area contributed by atoms with Crippen LogP contribution in [0, 0.1) is 11.7 Å². The van der Waals surface area contributed by atoms with Gasteiger partial charge in [0.05, 0.1) is 19.1 Å². The lowest BCUT2D eigenvalue weighted by Gasteiger charge is -2.36. The third-order valence-corrected chi connectivity index (χ3v) is 4.28. The van der Waals surface area contributed by atoms with E-state index in [1.54, 1.807) is 18.2 Å². The Kier molecular flexibility index (Phi) is 4.51. The van der Waals surface area contributed by atoms with Crippen LogP contribution in [0.15, 0.2) is 24.3 Å². The first-order valence-corrected chi connectivity index (χ1v) is 7.61. The Hall–Kier alpha value is -1.46. The summed E-state index contributed by atoms with van der Waals surface area (Å²) < 4.78 is 19.5. The summed E-state index contributed by atoms with van der Waals surface area (Å²) in [6, 6.07) is 6.63. The van der Waals surface area contributed by atoms with E-state index < -0.39 is 0 Å². The highest BCUT2D eigenvalue weighted by Gasteiger charge is 2.31. The van der Waals surface area contributed by atoms with E-state index in [1.807, 2.05) is 4.90 Å². The Balaban J connectivity index is 1.68. The van der Waals surface area contributed by atoms with Crippen molar-refractivity contribution >= 4 is 5.91 Å².